The zero-order valence-corrected chi connectivity index (χ0v) is 13.7. The third kappa shape index (κ3) is 4.80. The Hall–Kier alpha value is -2.87. The van der Waals surface area contributed by atoms with Crippen LogP contribution in [0.15, 0.2) is 36.7 Å². The smallest absolute Gasteiger partial charge is 0.255 e. The fraction of sp³-hybridized carbons (Fsp3) is 0.353. The number of primary amides is 1. The summed E-state index contributed by atoms with van der Waals surface area (Å²) in [5.41, 5.74) is 6.05. The number of amides is 2. The van der Waals surface area contributed by atoms with Crippen molar-refractivity contribution in [2.45, 2.75) is 25.5 Å². The third-order valence-electron chi connectivity index (χ3n) is 3.77. The Kier molecular flexibility index (Phi) is 5.30. The van der Waals surface area contributed by atoms with Crippen molar-refractivity contribution >= 4 is 17.5 Å². The van der Waals surface area contributed by atoms with E-state index in [-0.39, 0.29) is 18.6 Å². The third-order valence-corrected chi connectivity index (χ3v) is 3.77. The molecule has 132 valence electrons. The van der Waals surface area contributed by atoms with Crippen molar-refractivity contribution in [1.82, 2.24) is 9.78 Å². The molecule has 25 heavy (non-hydrogen) atoms. The molecule has 8 heteroatoms. The van der Waals surface area contributed by atoms with Crippen LogP contribution in [0, 0.1) is 0 Å². The average molecular weight is 344 g/mol. The van der Waals surface area contributed by atoms with Crippen LogP contribution >= 0.6 is 0 Å². The maximum atomic E-state index is 12.3. The Labute approximate surface area is 144 Å². The first-order valence-corrected chi connectivity index (χ1v) is 8.07. The number of anilines is 1. The van der Waals surface area contributed by atoms with Gasteiger partial charge in [0.1, 0.15) is 18.9 Å². The Balaban J connectivity index is 1.58. The summed E-state index contributed by atoms with van der Waals surface area (Å²) >= 11 is 0. The molecule has 8 nitrogen and oxygen atoms in total. The summed E-state index contributed by atoms with van der Waals surface area (Å²) in [5, 5.41) is 6.68. The molecule has 1 aliphatic rings. The highest BCUT2D eigenvalue weighted by atomic mass is 16.5. The standard InChI is InChI=1S/C17H20N4O4/c18-16(22)10-21-9-13(8-19-21)20-17(23)12-3-1-4-14(7-12)25-11-15-5-2-6-24-15/h1,3-4,7-9,15H,2,5-6,10-11H2,(H2,18,22)(H,20,23). The van der Waals surface area contributed by atoms with Gasteiger partial charge in [-0.25, -0.2) is 0 Å². The van der Waals surface area contributed by atoms with E-state index < -0.39 is 5.91 Å². The van der Waals surface area contributed by atoms with Crippen molar-refractivity contribution in [2.24, 2.45) is 5.73 Å². The SMILES string of the molecule is NC(=O)Cn1cc(NC(=O)c2cccc(OCC3CCCO3)c2)cn1. The van der Waals surface area contributed by atoms with E-state index in [0.717, 1.165) is 19.4 Å². The van der Waals surface area contributed by atoms with Crippen LogP contribution in [-0.2, 0) is 16.1 Å². The fourth-order valence-corrected chi connectivity index (χ4v) is 2.57. The number of nitrogens with zero attached hydrogens (tertiary/aromatic N) is 2. The first-order valence-electron chi connectivity index (χ1n) is 8.07. The second-order valence-corrected chi connectivity index (χ2v) is 5.82. The van der Waals surface area contributed by atoms with Crippen LogP contribution in [0.1, 0.15) is 23.2 Å². The molecule has 1 aromatic carbocycles. The number of benzene rings is 1. The minimum absolute atomic E-state index is 0.0393. The van der Waals surface area contributed by atoms with Crippen LogP contribution < -0.4 is 15.8 Å². The summed E-state index contributed by atoms with van der Waals surface area (Å²) < 4.78 is 12.6. The van der Waals surface area contributed by atoms with E-state index in [1.165, 1.54) is 10.9 Å². The average Bonchev–Trinajstić information content (AvgIpc) is 3.25. The largest absolute Gasteiger partial charge is 0.491 e. The molecule has 1 atom stereocenters. The van der Waals surface area contributed by atoms with Crippen molar-refractivity contribution in [3.63, 3.8) is 0 Å². The molecule has 2 heterocycles. The summed E-state index contributed by atoms with van der Waals surface area (Å²) in [6, 6.07) is 6.94. The highest BCUT2D eigenvalue weighted by Gasteiger charge is 2.16. The van der Waals surface area contributed by atoms with E-state index in [0.29, 0.717) is 23.6 Å². The molecule has 0 saturated carbocycles. The van der Waals surface area contributed by atoms with E-state index in [1.54, 1.807) is 30.5 Å². The number of carbonyl (C=O) groups excluding carboxylic acids is 2. The summed E-state index contributed by atoms with van der Waals surface area (Å²) in [6.45, 7) is 1.22. The minimum atomic E-state index is -0.503. The van der Waals surface area contributed by atoms with Crippen LogP contribution in [0.3, 0.4) is 0 Å². The molecule has 3 N–H and O–H groups in total. The van der Waals surface area contributed by atoms with E-state index in [9.17, 15) is 9.59 Å². The molecule has 1 aliphatic heterocycles. The molecule has 0 bridgehead atoms. The van der Waals surface area contributed by atoms with Crippen molar-refractivity contribution in [2.75, 3.05) is 18.5 Å². The molecular formula is C17H20N4O4. The number of rotatable bonds is 7. The highest BCUT2D eigenvalue weighted by Crippen LogP contribution is 2.18. The Morgan fingerprint density at radius 2 is 2.32 bits per heavy atom. The molecule has 0 aliphatic carbocycles. The second-order valence-electron chi connectivity index (χ2n) is 5.82. The predicted octanol–water partition coefficient (Wildman–Crippen LogP) is 1.18. The van der Waals surface area contributed by atoms with Gasteiger partial charge in [0.15, 0.2) is 0 Å². The van der Waals surface area contributed by atoms with Gasteiger partial charge in [-0.15, -0.1) is 0 Å². The quantitative estimate of drug-likeness (QED) is 0.784. The summed E-state index contributed by atoms with van der Waals surface area (Å²) in [6.07, 6.45) is 5.17. The normalized spacial score (nSPS) is 16.6. The monoisotopic (exact) mass is 344 g/mol. The van der Waals surface area contributed by atoms with E-state index in [4.69, 9.17) is 15.2 Å². The lowest BCUT2D eigenvalue weighted by Gasteiger charge is -2.12. The first-order chi connectivity index (χ1) is 12.1. The van der Waals surface area contributed by atoms with Crippen LogP contribution in [0.4, 0.5) is 5.69 Å². The number of ether oxygens (including phenoxy) is 2. The molecule has 2 amide bonds. The lowest BCUT2D eigenvalue weighted by atomic mass is 10.2. The lowest BCUT2D eigenvalue weighted by Crippen LogP contribution is -2.18. The molecule has 1 aromatic heterocycles. The highest BCUT2D eigenvalue weighted by molar-refractivity contribution is 6.04. The van der Waals surface area contributed by atoms with Crippen molar-refractivity contribution in [3.05, 3.63) is 42.2 Å². The number of nitrogens with one attached hydrogen (secondary N) is 1. The Bertz CT molecular complexity index is 753. The van der Waals surface area contributed by atoms with E-state index in [1.807, 2.05) is 0 Å². The lowest BCUT2D eigenvalue weighted by molar-refractivity contribution is -0.118. The number of hydrogen-bond acceptors (Lipinski definition) is 5. The zero-order chi connectivity index (χ0) is 17.6. The van der Waals surface area contributed by atoms with Crippen LogP contribution in [-0.4, -0.2) is 40.9 Å². The molecule has 1 fully saturated rings. The van der Waals surface area contributed by atoms with Gasteiger partial charge in [-0.2, -0.15) is 5.10 Å². The summed E-state index contributed by atoms with van der Waals surface area (Å²) in [4.78, 5) is 23.2. The van der Waals surface area contributed by atoms with Gasteiger partial charge < -0.3 is 20.5 Å². The first kappa shape index (κ1) is 17.0. The summed E-state index contributed by atoms with van der Waals surface area (Å²) in [7, 11) is 0. The maximum Gasteiger partial charge on any atom is 0.255 e. The van der Waals surface area contributed by atoms with Crippen LogP contribution in [0.2, 0.25) is 0 Å². The fourth-order valence-electron chi connectivity index (χ4n) is 2.57. The van der Waals surface area contributed by atoms with Gasteiger partial charge in [0.2, 0.25) is 5.91 Å². The molecule has 1 saturated heterocycles. The van der Waals surface area contributed by atoms with Gasteiger partial charge in [0.25, 0.3) is 5.91 Å². The van der Waals surface area contributed by atoms with Crippen molar-refractivity contribution in [3.8, 4) is 5.75 Å². The van der Waals surface area contributed by atoms with Gasteiger partial charge >= 0.3 is 0 Å². The summed E-state index contributed by atoms with van der Waals surface area (Å²) in [5.74, 6) is -0.175. The van der Waals surface area contributed by atoms with Crippen LogP contribution in [0.25, 0.3) is 0 Å². The number of nitrogens with two attached hydrogens (primary N) is 1. The van der Waals surface area contributed by atoms with Gasteiger partial charge in [-0.3, -0.25) is 14.3 Å². The number of hydrogen-bond donors (Lipinski definition) is 2. The number of carbonyl (C=O) groups is 2. The van der Waals surface area contributed by atoms with Gasteiger partial charge in [-0.1, -0.05) is 6.07 Å². The maximum absolute atomic E-state index is 12.3. The topological polar surface area (TPSA) is 108 Å². The number of aromatic nitrogens is 2. The molecule has 0 radical (unpaired) electrons. The van der Waals surface area contributed by atoms with Crippen molar-refractivity contribution < 1.29 is 19.1 Å². The van der Waals surface area contributed by atoms with Gasteiger partial charge in [-0.05, 0) is 31.0 Å². The molecule has 2 aromatic rings. The Morgan fingerprint density at radius 3 is 3.08 bits per heavy atom. The second kappa shape index (κ2) is 7.80. The predicted molar refractivity (Wildman–Crippen MR) is 90.3 cm³/mol. The van der Waals surface area contributed by atoms with Gasteiger partial charge in [0, 0.05) is 18.4 Å². The minimum Gasteiger partial charge on any atom is -0.491 e. The molecule has 0 spiro atoms. The van der Waals surface area contributed by atoms with E-state index in [2.05, 4.69) is 10.4 Å². The molecule has 3 rings (SSSR count). The molecular weight excluding hydrogens is 324 g/mol. The van der Waals surface area contributed by atoms with Crippen molar-refractivity contribution in [1.29, 1.82) is 0 Å². The Morgan fingerprint density at radius 1 is 1.44 bits per heavy atom. The van der Waals surface area contributed by atoms with E-state index >= 15 is 0 Å². The zero-order valence-electron chi connectivity index (χ0n) is 13.7. The van der Waals surface area contributed by atoms with Gasteiger partial charge in [0.05, 0.1) is 18.0 Å². The molecule has 1 unspecified atom stereocenters. The van der Waals surface area contributed by atoms with Crippen LogP contribution in [0.5, 0.6) is 5.75 Å².